The van der Waals surface area contributed by atoms with Crippen molar-refractivity contribution in [3.8, 4) is 5.69 Å². The Kier molecular flexibility index (Phi) is 10.2. The van der Waals surface area contributed by atoms with Gasteiger partial charge in [0.05, 0.1) is 16.7 Å². The van der Waals surface area contributed by atoms with E-state index < -0.39 is 0 Å². The molecule has 11 aromatic carbocycles. The van der Waals surface area contributed by atoms with Crippen molar-refractivity contribution >= 4 is 140 Å². The van der Waals surface area contributed by atoms with Crippen molar-refractivity contribution in [3.63, 3.8) is 0 Å². The average Bonchev–Trinajstić information content (AvgIpc) is 4.35. The molecule has 2 aliphatic heterocycles. The number of benzene rings is 11. The van der Waals surface area contributed by atoms with Gasteiger partial charge in [-0.15, -0.1) is 0 Å². The van der Waals surface area contributed by atoms with E-state index in [0.717, 1.165) is 112 Å². The first kappa shape index (κ1) is 47.3. The maximum Gasteiger partial charge on any atom is 0.252 e. The molecule has 14 aromatic rings. The zero-order valence-corrected chi connectivity index (χ0v) is 46.2. The highest BCUT2D eigenvalue weighted by Gasteiger charge is 2.44. The Morgan fingerprint density at radius 2 is 0.901 bits per heavy atom. The van der Waals surface area contributed by atoms with E-state index in [0.29, 0.717) is 0 Å². The van der Waals surface area contributed by atoms with E-state index in [1.54, 1.807) is 0 Å². The summed E-state index contributed by atoms with van der Waals surface area (Å²) in [6.45, 7) is 13.6. The van der Waals surface area contributed by atoms with Gasteiger partial charge in [0.1, 0.15) is 16.7 Å². The topological polar surface area (TPSA) is 40.9 Å². The number of aromatic nitrogens is 1. The average molecular weight is 1050 g/mol. The van der Waals surface area contributed by atoms with Crippen LogP contribution in [0.3, 0.4) is 0 Å². The quantitative estimate of drug-likeness (QED) is 0.155. The summed E-state index contributed by atoms with van der Waals surface area (Å²) in [5, 5.41) is 6.75. The van der Waals surface area contributed by atoms with E-state index in [2.05, 4.69) is 297 Å². The molecular formula is C74H57BN4O2. The predicted octanol–water partition coefficient (Wildman–Crippen LogP) is 18.7. The molecule has 0 radical (unpaired) electrons. The van der Waals surface area contributed by atoms with Crippen LogP contribution in [0.25, 0.3) is 71.4 Å². The maximum absolute atomic E-state index is 6.97. The van der Waals surface area contributed by atoms with Crippen molar-refractivity contribution in [2.24, 2.45) is 0 Å². The number of furan rings is 2. The van der Waals surface area contributed by atoms with Crippen LogP contribution >= 0.6 is 0 Å². The molecule has 388 valence electrons. The fourth-order valence-corrected chi connectivity index (χ4v) is 13.3. The third-order valence-corrected chi connectivity index (χ3v) is 17.3. The van der Waals surface area contributed by atoms with Crippen LogP contribution in [0.4, 0.5) is 51.2 Å². The summed E-state index contributed by atoms with van der Waals surface area (Å²) in [6, 6.07) is 87.1. The molecule has 0 amide bonds. The van der Waals surface area contributed by atoms with Crippen molar-refractivity contribution in [2.75, 3.05) is 14.7 Å². The summed E-state index contributed by atoms with van der Waals surface area (Å²) in [5.74, 6) is 0. The number of hydrogen-bond donors (Lipinski definition) is 0. The zero-order valence-electron chi connectivity index (χ0n) is 46.2. The first-order valence-corrected chi connectivity index (χ1v) is 28.3. The Labute approximate surface area is 471 Å². The summed E-state index contributed by atoms with van der Waals surface area (Å²) < 4.78 is 16.1. The van der Waals surface area contributed by atoms with Crippen LogP contribution in [0.1, 0.15) is 52.7 Å². The third kappa shape index (κ3) is 7.20. The molecule has 16 rings (SSSR count). The van der Waals surface area contributed by atoms with E-state index in [4.69, 9.17) is 8.83 Å². The van der Waals surface area contributed by atoms with Gasteiger partial charge in [0.25, 0.3) is 6.71 Å². The third-order valence-electron chi connectivity index (χ3n) is 17.3. The molecule has 0 saturated heterocycles. The second-order valence-electron chi connectivity index (χ2n) is 24.1. The van der Waals surface area contributed by atoms with E-state index in [-0.39, 0.29) is 17.5 Å². The lowest BCUT2D eigenvalue weighted by molar-refractivity contribution is 0.590. The first-order valence-electron chi connectivity index (χ1n) is 28.3. The fraction of sp³-hybridized carbons (Fsp3) is 0.108. The molecule has 6 nitrogen and oxygen atoms in total. The van der Waals surface area contributed by atoms with Gasteiger partial charge in [-0.05, 0) is 141 Å². The second kappa shape index (κ2) is 17.4. The standard InChI is InChI=1S/C74H57BN4O2/c1-73(2,3)46-30-34-49(35-31-46)78-63-25-17-26-64-71(63)75(60-44-58-55-22-12-14-28-68(55)80-70(58)45-67(60)79(64)50-36-32-47(33-37-50)74(4,5)6)59-40-38-52(43-66(59)78)76(65-27-16-23-56-54-21-11-15-29-69(54)81-72(56)65)51-39-41-62-57(42-51)53-20-10-13-24-61(53)77(62)48-18-8-7-9-19-48/h7-45H,1-6H3. The molecule has 5 heterocycles. The molecule has 7 heteroatoms. The summed E-state index contributed by atoms with van der Waals surface area (Å²) >= 11 is 0. The Morgan fingerprint density at radius 3 is 1.58 bits per heavy atom. The van der Waals surface area contributed by atoms with E-state index in [1.165, 1.54) is 38.3 Å². The van der Waals surface area contributed by atoms with Crippen molar-refractivity contribution < 1.29 is 8.83 Å². The largest absolute Gasteiger partial charge is 0.456 e. The van der Waals surface area contributed by atoms with E-state index in [9.17, 15) is 0 Å². The highest BCUT2D eigenvalue weighted by atomic mass is 16.3. The number of fused-ring (bicyclic) bond motifs is 13. The number of rotatable bonds is 6. The molecule has 0 saturated carbocycles. The van der Waals surface area contributed by atoms with Crippen LogP contribution in [-0.4, -0.2) is 11.3 Å². The molecular weight excluding hydrogens is 988 g/mol. The molecule has 0 unspecified atom stereocenters. The van der Waals surface area contributed by atoms with E-state index in [1.807, 2.05) is 0 Å². The van der Waals surface area contributed by atoms with Gasteiger partial charge in [0.15, 0.2) is 5.58 Å². The first-order chi connectivity index (χ1) is 39.4. The predicted molar refractivity (Wildman–Crippen MR) is 341 cm³/mol. The molecule has 2 aliphatic rings. The number of para-hydroxylation sites is 5. The van der Waals surface area contributed by atoms with Crippen molar-refractivity contribution in [1.82, 2.24) is 4.57 Å². The van der Waals surface area contributed by atoms with Gasteiger partial charge in [-0.3, -0.25) is 0 Å². The van der Waals surface area contributed by atoms with Gasteiger partial charge in [-0.1, -0.05) is 169 Å². The van der Waals surface area contributed by atoms with E-state index >= 15 is 0 Å². The summed E-state index contributed by atoms with van der Waals surface area (Å²) in [4.78, 5) is 7.42. The van der Waals surface area contributed by atoms with Gasteiger partial charge in [-0.2, -0.15) is 0 Å². The van der Waals surface area contributed by atoms with Crippen LogP contribution in [0, 0.1) is 0 Å². The Bertz CT molecular complexity index is 4860. The second-order valence-corrected chi connectivity index (χ2v) is 24.1. The summed E-state index contributed by atoms with van der Waals surface area (Å²) in [7, 11) is 0. The van der Waals surface area contributed by atoms with Gasteiger partial charge in [0, 0.05) is 89.6 Å². The van der Waals surface area contributed by atoms with Crippen LogP contribution < -0.4 is 31.1 Å². The Balaban J connectivity index is 0.973. The smallest absolute Gasteiger partial charge is 0.252 e. The Hall–Kier alpha value is -9.72. The highest BCUT2D eigenvalue weighted by molar-refractivity contribution is 7.00. The minimum absolute atomic E-state index is 0.00504. The SMILES string of the molecule is CC(C)(C)c1ccc(N2c3cc(N(c4ccc5c(c4)c4ccccc4n5-c4ccccc4)c4cccc5c4oc4ccccc45)ccc3B3c4cc5c(cc4N(c4ccc(C(C)(C)C)cc4)c4cccc2c43)oc2ccccc25)cc1. The molecule has 0 atom stereocenters. The molecule has 0 aliphatic carbocycles. The lowest BCUT2D eigenvalue weighted by Crippen LogP contribution is -2.61. The molecule has 0 fully saturated rings. The molecule has 0 bridgehead atoms. The minimum Gasteiger partial charge on any atom is -0.456 e. The zero-order chi connectivity index (χ0) is 54.5. The number of nitrogens with zero attached hydrogens (tertiary/aromatic N) is 4. The monoisotopic (exact) mass is 1040 g/mol. The van der Waals surface area contributed by atoms with Crippen LogP contribution in [0.15, 0.2) is 245 Å². The lowest BCUT2D eigenvalue weighted by Gasteiger charge is -2.44. The van der Waals surface area contributed by atoms with Crippen molar-refractivity contribution in [2.45, 2.75) is 52.4 Å². The van der Waals surface area contributed by atoms with Crippen molar-refractivity contribution in [3.05, 3.63) is 248 Å². The van der Waals surface area contributed by atoms with Gasteiger partial charge < -0.3 is 28.1 Å². The molecule has 81 heavy (non-hydrogen) atoms. The Morgan fingerprint density at radius 1 is 0.358 bits per heavy atom. The highest BCUT2D eigenvalue weighted by Crippen LogP contribution is 2.49. The molecule has 0 spiro atoms. The minimum atomic E-state index is -0.128. The van der Waals surface area contributed by atoms with Gasteiger partial charge >= 0.3 is 0 Å². The fourth-order valence-electron chi connectivity index (χ4n) is 13.3. The van der Waals surface area contributed by atoms with Crippen molar-refractivity contribution in [1.29, 1.82) is 0 Å². The summed E-state index contributed by atoms with van der Waals surface area (Å²) in [6.07, 6.45) is 0. The van der Waals surface area contributed by atoms with Crippen LogP contribution in [-0.2, 0) is 10.8 Å². The maximum atomic E-state index is 6.97. The molecule has 3 aromatic heterocycles. The van der Waals surface area contributed by atoms with Gasteiger partial charge in [0.2, 0.25) is 0 Å². The lowest BCUT2D eigenvalue weighted by atomic mass is 9.33. The number of hydrogen-bond acceptors (Lipinski definition) is 5. The molecule has 0 N–H and O–H groups in total. The summed E-state index contributed by atoms with van der Waals surface area (Å²) in [5.41, 5.74) is 22.9. The van der Waals surface area contributed by atoms with Crippen LogP contribution in [0.5, 0.6) is 0 Å². The van der Waals surface area contributed by atoms with Gasteiger partial charge in [-0.25, -0.2) is 0 Å². The normalized spacial score (nSPS) is 13.2. The number of anilines is 9. The van der Waals surface area contributed by atoms with Crippen LogP contribution in [0.2, 0.25) is 0 Å².